The minimum atomic E-state index is -1.05. The molecule has 0 atom stereocenters. The van der Waals surface area contributed by atoms with Crippen molar-refractivity contribution in [2.75, 3.05) is 13.2 Å². The standard InChI is InChI=1S/C11H14N2O3S/c14-10(15)8-16-13-11(17)12-7-6-9-4-2-1-3-5-9/h1-5H,6-8H2,(H,14,15)(H2,12,13,17). The summed E-state index contributed by atoms with van der Waals surface area (Å²) in [5, 5.41) is 11.5. The van der Waals surface area contributed by atoms with E-state index in [-0.39, 0.29) is 5.11 Å². The summed E-state index contributed by atoms with van der Waals surface area (Å²) in [4.78, 5) is 14.8. The number of carboxylic acids is 1. The van der Waals surface area contributed by atoms with E-state index < -0.39 is 12.6 Å². The Hall–Kier alpha value is -1.66. The first kappa shape index (κ1) is 13.4. The van der Waals surface area contributed by atoms with Crippen molar-refractivity contribution in [2.45, 2.75) is 6.42 Å². The van der Waals surface area contributed by atoms with Gasteiger partial charge in [0.15, 0.2) is 11.7 Å². The van der Waals surface area contributed by atoms with Gasteiger partial charge >= 0.3 is 5.97 Å². The van der Waals surface area contributed by atoms with Crippen LogP contribution in [-0.2, 0) is 16.1 Å². The van der Waals surface area contributed by atoms with Gasteiger partial charge in [-0.25, -0.2) is 10.3 Å². The lowest BCUT2D eigenvalue weighted by molar-refractivity contribution is -0.143. The summed E-state index contributed by atoms with van der Waals surface area (Å²) in [7, 11) is 0. The van der Waals surface area contributed by atoms with Crippen molar-refractivity contribution in [1.82, 2.24) is 10.8 Å². The van der Waals surface area contributed by atoms with Gasteiger partial charge in [0.1, 0.15) is 0 Å². The molecule has 1 aromatic carbocycles. The molecule has 0 saturated heterocycles. The molecule has 0 saturated carbocycles. The fourth-order valence-electron chi connectivity index (χ4n) is 1.16. The average Bonchev–Trinajstić information content (AvgIpc) is 2.30. The van der Waals surface area contributed by atoms with Crippen LogP contribution in [-0.4, -0.2) is 29.3 Å². The maximum atomic E-state index is 10.2. The number of nitrogens with one attached hydrogen (secondary N) is 2. The van der Waals surface area contributed by atoms with Gasteiger partial charge in [0, 0.05) is 6.54 Å². The van der Waals surface area contributed by atoms with Crippen LogP contribution >= 0.6 is 12.2 Å². The normalized spacial score (nSPS) is 9.65. The molecular formula is C11H14N2O3S. The van der Waals surface area contributed by atoms with Gasteiger partial charge in [-0.2, -0.15) is 0 Å². The number of thiocarbonyl (C=S) groups is 1. The molecule has 0 bridgehead atoms. The molecule has 0 heterocycles. The lowest BCUT2D eigenvalue weighted by Gasteiger charge is -2.09. The fraction of sp³-hybridized carbons (Fsp3) is 0.273. The molecular weight excluding hydrogens is 240 g/mol. The third kappa shape index (κ3) is 6.49. The van der Waals surface area contributed by atoms with E-state index in [0.29, 0.717) is 6.54 Å². The molecule has 0 spiro atoms. The van der Waals surface area contributed by atoms with E-state index in [4.69, 9.17) is 17.3 Å². The van der Waals surface area contributed by atoms with Crippen LogP contribution in [0.5, 0.6) is 0 Å². The zero-order chi connectivity index (χ0) is 12.5. The van der Waals surface area contributed by atoms with Crippen molar-refractivity contribution in [3.05, 3.63) is 35.9 Å². The predicted molar refractivity (Wildman–Crippen MR) is 67.5 cm³/mol. The van der Waals surface area contributed by atoms with Crippen molar-refractivity contribution in [1.29, 1.82) is 0 Å². The van der Waals surface area contributed by atoms with Gasteiger partial charge in [-0.15, -0.1) is 0 Å². The summed E-state index contributed by atoms with van der Waals surface area (Å²) in [6.45, 7) is 0.229. The second-order valence-corrected chi connectivity index (χ2v) is 3.68. The van der Waals surface area contributed by atoms with E-state index in [1.165, 1.54) is 5.56 Å². The van der Waals surface area contributed by atoms with E-state index in [0.717, 1.165) is 6.42 Å². The Labute approximate surface area is 105 Å². The Kier molecular flexibility index (Phi) is 5.98. The number of aliphatic carboxylic acids is 1. The van der Waals surface area contributed by atoms with E-state index >= 15 is 0 Å². The first-order chi connectivity index (χ1) is 8.18. The van der Waals surface area contributed by atoms with Crippen LogP contribution in [0, 0.1) is 0 Å². The van der Waals surface area contributed by atoms with Gasteiger partial charge in [0.25, 0.3) is 0 Å². The van der Waals surface area contributed by atoms with Crippen LogP contribution in [0.4, 0.5) is 0 Å². The quantitative estimate of drug-likeness (QED) is 0.513. The molecule has 0 aliphatic carbocycles. The first-order valence-electron chi connectivity index (χ1n) is 5.10. The number of rotatable bonds is 6. The van der Waals surface area contributed by atoms with Crippen LogP contribution in [0.25, 0.3) is 0 Å². The number of benzene rings is 1. The molecule has 0 radical (unpaired) electrons. The highest BCUT2D eigenvalue weighted by Gasteiger charge is 1.98. The number of hydroxylamine groups is 1. The first-order valence-corrected chi connectivity index (χ1v) is 5.50. The monoisotopic (exact) mass is 254 g/mol. The van der Waals surface area contributed by atoms with Crippen molar-refractivity contribution in [3.8, 4) is 0 Å². The largest absolute Gasteiger partial charge is 0.479 e. The van der Waals surface area contributed by atoms with Gasteiger partial charge in [-0.05, 0) is 24.2 Å². The van der Waals surface area contributed by atoms with E-state index in [2.05, 4.69) is 15.6 Å². The SMILES string of the molecule is O=C(O)CONC(=S)NCCc1ccccc1. The molecule has 1 rings (SSSR count). The van der Waals surface area contributed by atoms with Crippen LogP contribution < -0.4 is 10.8 Å². The fourth-order valence-corrected chi connectivity index (χ4v) is 1.33. The minimum Gasteiger partial charge on any atom is -0.479 e. The number of hydrogen-bond donors (Lipinski definition) is 3. The van der Waals surface area contributed by atoms with Gasteiger partial charge < -0.3 is 10.4 Å². The minimum absolute atomic E-state index is 0.280. The molecule has 0 fully saturated rings. The van der Waals surface area contributed by atoms with Crippen LogP contribution in [0.1, 0.15) is 5.56 Å². The highest BCUT2D eigenvalue weighted by molar-refractivity contribution is 7.80. The summed E-state index contributed by atoms with van der Waals surface area (Å²) >= 11 is 4.88. The maximum absolute atomic E-state index is 10.2. The van der Waals surface area contributed by atoms with E-state index in [9.17, 15) is 4.79 Å². The highest BCUT2D eigenvalue weighted by Crippen LogP contribution is 1.97. The summed E-state index contributed by atoms with van der Waals surface area (Å²) in [5.41, 5.74) is 3.54. The third-order valence-electron chi connectivity index (χ3n) is 1.90. The topological polar surface area (TPSA) is 70.6 Å². The number of carbonyl (C=O) groups is 1. The van der Waals surface area contributed by atoms with Gasteiger partial charge in [-0.3, -0.25) is 4.84 Å². The second kappa shape index (κ2) is 7.59. The van der Waals surface area contributed by atoms with Crippen molar-refractivity contribution in [2.24, 2.45) is 0 Å². The van der Waals surface area contributed by atoms with Crippen LogP contribution in [0.3, 0.4) is 0 Å². The second-order valence-electron chi connectivity index (χ2n) is 3.28. The lowest BCUT2D eigenvalue weighted by atomic mass is 10.1. The maximum Gasteiger partial charge on any atom is 0.332 e. The van der Waals surface area contributed by atoms with Gasteiger partial charge in [0.05, 0.1) is 0 Å². The van der Waals surface area contributed by atoms with Crippen molar-refractivity contribution >= 4 is 23.3 Å². The Balaban J connectivity index is 2.10. The van der Waals surface area contributed by atoms with E-state index in [1.54, 1.807) is 0 Å². The van der Waals surface area contributed by atoms with E-state index in [1.807, 2.05) is 30.3 Å². The van der Waals surface area contributed by atoms with Crippen molar-refractivity contribution < 1.29 is 14.7 Å². The molecule has 5 nitrogen and oxygen atoms in total. The van der Waals surface area contributed by atoms with Crippen LogP contribution in [0.2, 0.25) is 0 Å². The molecule has 17 heavy (non-hydrogen) atoms. The Bertz CT molecular complexity index is 370. The third-order valence-corrected chi connectivity index (χ3v) is 2.13. The molecule has 0 aliphatic rings. The predicted octanol–water partition coefficient (Wildman–Crippen LogP) is 0.709. The van der Waals surface area contributed by atoms with Gasteiger partial charge in [0.2, 0.25) is 0 Å². The summed E-state index contributed by atoms with van der Waals surface area (Å²) in [6.07, 6.45) is 0.835. The molecule has 0 unspecified atom stereocenters. The van der Waals surface area contributed by atoms with Crippen molar-refractivity contribution in [3.63, 3.8) is 0 Å². The van der Waals surface area contributed by atoms with Gasteiger partial charge in [-0.1, -0.05) is 30.3 Å². The molecule has 0 aromatic heterocycles. The number of carboxylic acid groups (broad SMARTS) is 1. The summed E-state index contributed by atoms with van der Waals surface area (Å²) < 4.78 is 0. The molecule has 6 heteroatoms. The zero-order valence-electron chi connectivity index (χ0n) is 9.18. The summed E-state index contributed by atoms with van der Waals surface area (Å²) in [5.74, 6) is -1.05. The van der Waals surface area contributed by atoms with Crippen LogP contribution in [0.15, 0.2) is 30.3 Å². The molecule has 92 valence electrons. The Morgan fingerprint density at radius 1 is 1.35 bits per heavy atom. The summed E-state index contributed by atoms with van der Waals surface area (Å²) in [6, 6.07) is 9.96. The molecule has 0 aliphatic heterocycles. The Morgan fingerprint density at radius 2 is 2.06 bits per heavy atom. The Morgan fingerprint density at radius 3 is 2.71 bits per heavy atom. The molecule has 1 aromatic rings. The molecule has 3 N–H and O–H groups in total. The lowest BCUT2D eigenvalue weighted by Crippen LogP contribution is -2.37. The smallest absolute Gasteiger partial charge is 0.332 e. The zero-order valence-corrected chi connectivity index (χ0v) is 10.00. The number of hydrogen-bond acceptors (Lipinski definition) is 3. The highest BCUT2D eigenvalue weighted by atomic mass is 32.1. The molecule has 0 amide bonds. The average molecular weight is 254 g/mol.